The molecule has 0 aromatic rings. The zero-order chi connectivity index (χ0) is 18.6. The number of hydrogen-bond acceptors (Lipinski definition) is 4. The normalized spacial score (nSPS) is 30.6. The molecule has 1 saturated carbocycles. The van der Waals surface area contributed by atoms with Crippen LogP contribution in [-0.4, -0.2) is 39.2 Å². The highest BCUT2D eigenvalue weighted by molar-refractivity contribution is 7.09. The van der Waals surface area contributed by atoms with Crippen LogP contribution < -0.4 is 0 Å². The number of rotatable bonds is 10. The van der Waals surface area contributed by atoms with E-state index in [9.17, 15) is 13.6 Å². The van der Waals surface area contributed by atoms with Crippen molar-refractivity contribution in [3.05, 3.63) is 0 Å². The first-order valence-corrected chi connectivity index (χ1v) is 12.1. The number of hydrogen-bond donors (Lipinski definition) is 0. The molecular weight excluding hydrogens is 365 g/mol. The molecule has 2 aliphatic rings. The molecule has 0 bridgehead atoms. The Kier molecular flexibility index (Phi) is 7.80. The smallest absolute Gasteiger partial charge is 0.306 e. The van der Waals surface area contributed by atoms with Crippen LogP contribution in [0, 0.1) is 11.8 Å². The largest absolute Gasteiger partial charge is 0.462 e. The molecule has 0 aromatic heterocycles. The molecule has 5 unspecified atom stereocenters. The molecule has 145 valence electrons. The minimum atomic E-state index is -2.81. The van der Waals surface area contributed by atoms with E-state index in [2.05, 4.69) is 9.47 Å². The summed E-state index contributed by atoms with van der Waals surface area (Å²) in [5.74, 6) is -2.85. The lowest BCUT2D eigenvalue weighted by Gasteiger charge is -2.31. The van der Waals surface area contributed by atoms with E-state index in [0.717, 1.165) is 6.42 Å². The van der Waals surface area contributed by atoms with Crippen LogP contribution in [0.3, 0.4) is 0 Å². The zero-order valence-electron chi connectivity index (χ0n) is 15.3. The summed E-state index contributed by atoms with van der Waals surface area (Å²) in [5.41, 5.74) is 0. The van der Waals surface area contributed by atoms with E-state index in [1.165, 1.54) is 0 Å². The molecule has 6 atom stereocenters. The van der Waals surface area contributed by atoms with E-state index in [0.29, 0.717) is 32.1 Å². The van der Waals surface area contributed by atoms with Crippen molar-refractivity contribution >= 4 is 24.5 Å². The summed E-state index contributed by atoms with van der Waals surface area (Å²) in [6.45, 7) is 5.69. The number of halogens is 2. The average molecular weight is 395 g/mol. The third-order valence-electron chi connectivity index (χ3n) is 5.30. The standard InChI is InChI=1S/C17H30F2O4PSi/c1-4-5-8-17(18,19)15(23-25(2)3)7-6-11-12-9-16(20)21-13(12)10-14(11)22-24/h11-15H,4-10,24H2,1-3H3/t11-,12?,13?,14?,15?/m1/s1. The van der Waals surface area contributed by atoms with Gasteiger partial charge < -0.3 is 13.7 Å². The Morgan fingerprint density at radius 3 is 2.76 bits per heavy atom. The van der Waals surface area contributed by atoms with Crippen molar-refractivity contribution in [1.82, 2.24) is 0 Å². The lowest BCUT2D eigenvalue weighted by molar-refractivity contribution is -0.141. The van der Waals surface area contributed by atoms with Crippen molar-refractivity contribution in [2.24, 2.45) is 11.8 Å². The van der Waals surface area contributed by atoms with Gasteiger partial charge in [0.1, 0.15) is 12.2 Å². The lowest BCUT2D eigenvalue weighted by Crippen LogP contribution is -2.39. The monoisotopic (exact) mass is 395 g/mol. The third kappa shape index (κ3) is 5.44. The van der Waals surface area contributed by atoms with Gasteiger partial charge in [-0.1, -0.05) is 13.3 Å². The molecule has 0 amide bonds. The van der Waals surface area contributed by atoms with Crippen LogP contribution in [-0.2, 0) is 18.5 Å². The molecule has 4 nitrogen and oxygen atoms in total. The number of carbonyl (C=O) groups is 1. The summed E-state index contributed by atoms with van der Waals surface area (Å²) >= 11 is 0. The highest BCUT2D eigenvalue weighted by Crippen LogP contribution is 2.46. The number of ether oxygens (including phenoxy) is 1. The molecule has 1 heterocycles. The minimum absolute atomic E-state index is 0.0615. The Hall–Kier alpha value is -0.103. The first kappa shape index (κ1) is 21.2. The summed E-state index contributed by atoms with van der Waals surface area (Å²) in [7, 11) is 1.04. The summed E-state index contributed by atoms with van der Waals surface area (Å²) < 4.78 is 45.7. The number of alkyl halides is 2. The zero-order valence-corrected chi connectivity index (χ0v) is 17.5. The van der Waals surface area contributed by atoms with Gasteiger partial charge in [-0.15, -0.1) is 0 Å². The highest BCUT2D eigenvalue weighted by Gasteiger charge is 2.51. The van der Waals surface area contributed by atoms with Crippen molar-refractivity contribution in [1.29, 1.82) is 0 Å². The topological polar surface area (TPSA) is 44.8 Å². The molecule has 1 radical (unpaired) electrons. The Balaban J connectivity index is 2.01. The molecule has 25 heavy (non-hydrogen) atoms. The van der Waals surface area contributed by atoms with Crippen LogP contribution in [0.4, 0.5) is 8.78 Å². The number of carbonyl (C=O) groups excluding carboxylic acids is 1. The van der Waals surface area contributed by atoms with Gasteiger partial charge in [0.25, 0.3) is 5.92 Å². The Bertz CT molecular complexity index is 452. The van der Waals surface area contributed by atoms with Crippen molar-refractivity contribution in [2.45, 2.75) is 89.2 Å². The van der Waals surface area contributed by atoms with Crippen molar-refractivity contribution in [2.75, 3.05) is 0 Å². The second-order valence-electron chi connectivity index (χ2n) is 7.43. The maximum atomic E-state index is 14.6. The van der Waals surface area contributed by atoms with Gasteiger partial charge in [-0.2, -0.15) is 0 Å². The molecule has 0 aromatic carbocycles. The van der Waals surface area contributed by atoms with Crippen LogP contribution >= 0.6 is 9.47 Å². The fourth-order valence-corrected chi connectivity index (χ4v) is 5.24. The molecule has 2 rings (SSSR count). The number of unbranched alkanes of at least 4 members (excludes halogenated alkanes) is 1. The van der Waals surface area contributed by atoms with Crippen LogP contribution in [0.1, 0.15) is 51.9 Å². The van der Waals surface area contributed by atoms with Crippen molar-refractivity contribution in [3.8, 4) is 0 Å². The molecule has 1 saturated heterocycles. The van der Waals surface area contributed by atoms with Gasteiger partial charge in [-0.25, -0.2) is 8.78 Å². The van der Waals surface area contributed by atoms with Gasteiger partial charge in [0.2, 0.25) is 9.04 Å². The fourth-order valence-electron chi connectivity index (χ4n) is 4.07. The maximum absolute atomic E-state index is 14.6. The second kappa shape index (κ2) is 9.20. The maximum Gasteiger partial charge on any atom is 0.306 e. The van der Waals surface area contributed by atoms with Gasteiger partial charge in [0, 0.05) is 28.2 Å². The molecule has 8 heteroatoms. The van der Waals surface area contributed by atoms with Crippen LogP contribution in [0.15, 0.2) is 0 Å². The number of fused-ring (bicyclic) bond motifs is 1. The highest BCUT2D eigenvalue weighted by atomic mass is 31.0. The SMILES string of the molecule is CCCCC(F)(F)C(CC[C@H]1C(OP)CC2OC(=O)CC21)O[Si](C)C. The van der Waals surface area contributed by atoms with Gasteiger partial charge in [-0.05, 0) is 38.3 Å². The summed E-state index contributed by atoms with van der Waals surface area (Å²) in [5, 5.41) is 0. The van der Waals surface area contributed by atoms with E-state index >= 15 is 0 Å². The molecule has 0 N–H and O–H groups in total. The van der Waals surface area contributed by atoms with E-state index in [1.807, 2.05) is 20.0 Å². The minimum Gasteiger partial charge on any atom is -0.462 e. The second-order valence-corrected chi connectivity index (χ2v) is 9.75. The van der Waals surface area contributed by atoms with Crippen molar-refractivity contribution < 1.29 is 27.3 Å². The van der Waals surface area contributed by atoms with Crippen LogP contribution in [0.5, 0.6) is 0 Å². The fraction of sp³-hybridized carbons (Fsp3) is 0.941. The predicted octanol–water partition coefficient (Wildman–Crippen LogP) is 4.36. The van der Waals surface area contributed by atoms with E-state index in [-0.39, 0.29) is 36.4 Å². The van der Waals surface area contributed by atoms with E-state index in [4.69, 9.17) is 13.7 Å². The lowest BCUT2D eigenvalue weighted by atomic mass is 9.86. The molecular formula is C17H30F2O4PSi. The summed E-state index contributed by atoms with van der Waals surface area (Å²) in [6.07, 6.45) is 1.75. The third-order valence-corrected chi connectivity index (χ3v) is 6.41. The molecule has 1 aliphatic heterocycles. The summed E-state index contributed by atoms with van der Waals surface area (Å²) in [4.78, 5) is 11.5. The van der Waals surface area contributed by atoms with Gasteiger partial charge in [-0.3, -0.25) is 4.79 Å². The van der Waals surface area contributed by atoms with Gasteiger partial charge in [0.15, 0.2) is 0 Å². The van der Waals surface area contributed by atoms with Gasteiger partial charge >= 0.3 is 5.97 Å². The average Bonchev–Trinajstić information content (AvgIpc) is 3.04. The summed E-state index contributed by atoms with van der Waals surface area (Å²) in [6, 6.07) is 0. The Labute approximate surface area is 153 Å². The Morgan fingerprint density at radius 1 is 1.44 bits per heavy atom. The van der Waals surface area contributed by atoms with Gasteiger partial charge in [0.05, 0.1) is 12.5 Å². The quantitative estimate of drug-likeness (QED) is 0.313. The van der Waals surface area contributed by atoms with E-state index in [1.54, 1.807) is 0 Å². The first-order chi connectivity index (χ1) is 11.8. The van der Waals surface area contributed by atoms with Crippen LogP contribution in [0.25, 0.3) is 0 Å². The molecule has 2 fully saturated rings. The van der Waals surface area contributed by atoms with Crippen LogP contribution in [0.2, 0.25) is 13.1 Å². The van der Waals surface area contributed by atoms with Crippen molar-refractivity contribution in [3.63, 3.8) is 0 Å². The van der Waals surface area contributed by atoms with E-state index < -0.39 is 21.1 Å². The predicted molar refractivity (Wildman–Crippen MR) is 96.7 cm³/mol. The Morgan fingerprint density at radius 2 is 2.16 bits per heavy atom. The molecule has 0 spiro atoms. The number of esters is 1. The first-order valence-electron chi connectivity index (χ1n) is 9.18. The molecule has 1 aliphatic carbocycles.